The van der Waals surface area contributed by atoms with Crippen LogP contribution in [0.15, 0.2) is 53.8 Å². The van der Waals surface area contributed by atoms with Gasteiger partial charge in [-0.05, 0) is 68.0 Å². The summed E-state index contributed by atoms with van der Waals surface area (Å²) >= 11 is 0. The Morgan fingerprint density at radius 3 is 2.58 bits per heavy atom. The molecule has 2 heterocycles. The lowest BCUT2D eigenvalue weighted by Gasteiger charge is -2.27. The Bertz CT molecular complexity index is 1570. The third-order valence-electron chi connectivity index (χ3n) is 6.15. The van der Waals surface area contributed by atoms with Gasteiger partial charge in [-0.25, -0.2) is 27.9 Å². The van der Waals surface area contributed by atoms with E-state index in [1.807, 2.05) is 19.1 Å². The van der Waals surface area contributed by atoms with Gasteiger partial charge in [0.2, 0.25) is 5.88 Å². The second kappa shape index (κ2) is 9.34. The van der Waals surface area contributed by atoms with E-state index in [-0.39, 0.29) is 22.6 Å². The summed E-state index contributed by atoms with van der Waals surface area (Å²) in [6.45, 7) is 1.90. The summed E-state index contributed by atoms with van der Waals surface area (Å²) in [5, 5.41) is 0.837. The number of benzene rings is 2. The van der Waals surface area contributed by atoms with E-state index >= 15 is 0 Å². The van der Waals surface area contributed by atoms with Crippen molar-refractivity contribution in [3.63, 3.8) is 0 Å². The molecule has 0 saturated heterocycles. The van der Waals surface area contributed by atoms with Crippen LogP contribution in [-0.4, -0.2) is 38.2 Å². The fraction of sp³-hybridized carbons (Fsp3) is 0.231. The van der Waals surface area contributed by atoms with E-state index in [1.165, 1.54) is 13.4 Å². The molecule has 1 fully saturated rings. The van der Waals surface area contributed by atoms with E-state index < -0.39 is 21.3 Å². The SMILES string of the molecule is C=S(=O)(Nc1cc(-c2cc(OC3CCC3)c3ncnc(C)c3c2)cnc1OC)c1ccc(F)cc1F. The van der Waals surface area contributed by atoms with Gasteiger partial charge in [0.05, 0.1) is 27.8 Å². The quantitative estimate of drug-likeness (QED) is 0.339. The number of halogens is 2. The topological polar surface area (TPSA) is 86.2 Å². The molecule has 10 heteroatoms. The van der Waals surface area contributed by atoms with Crippen LogP contribution in [0.1, 0.15) is 25.0 Å². The summed E-state index contributed by atoms with van der Waals surface area (Å²) in [6.07, 6.45) is 6.39. The summed E-state index contributed by atoms with van der Waals surface area (Å²) in [7, 11) is -2.00. The lowest BCUT2D eigenvalue weighted by molar-refractivity contribution is 0.122. The van der Waals surface area contributed by atoms with Gasteiger partial charge >= 0.3 is 0 Å². The van der Waals surface area contributed by atoms with Crippen molar-refractivity contribution < 1.29 is 22.5 Å². The molecule has 2 aromatic heterocycles. The number of hydrogen-bond acceptors (Lipinski definition) is 6. The van der Waals surface area contributed by atoms with Crippen LogP contribution in [-0.2, 0) is 9.71 Å². The zero-order valence-electron chi connectivity index (χ0n) is 19.8. The third kappa shape index (κ3) is 4.56. The van der Waals surface area contributed by atoms with Crippen molar-refractivity contribution >= 4 is 32.2 Å². The first-order chi connectivity index (χ1) is 17.2. The Labute approximate surface area is 207 Å². The molecule has 0 amide bonds. The number of rotatable bonds is 7. The first-order valence-corrected chi connectivity index (χ1v) is 13.0. The van der Waals surface area contributed by atoms with Crippen molar-refractivity contribution in [3.8, 4) is 22.8 Å². The molecule has 5 rings (SSSR count). The predicted octanol–water partition coefficient (Wildman–Crippen LogP) is 5.32. The number of hydrogen-bond donors (Lipinski definition) is 1. The van der Waals surface area contributed by atoms with Crippen molar-refractivity contribution in [2.24, 2.45) is 0 Å². The largest absolute Gasteiger partial charge is 0.488 e. The second-order valence-electron chi connectivity index (χ2n) is 8.63. The standard InChI is InChI=1S/C26H24F2N4O3S/c1-15-20-9-16(11-23(25(20)31-14-30-15)35-19-5-4-6-19)17-10-22(26(34-2)29-13-17)32-36(3,33)24-8-7-18(27)12-21(24)28/h7-14,19H,3-6H2,1-2H3,(H,32,33). The molecule has 1 unspecified atom stereocenters. The Kier molecular flexibility index (Phi) is 6.21. The van der Waals surface area contributed by atoms with E-state index in [1.54, 1.807) is 12.3 Å². The molecular weight excluding hydrogens is 486 g/mol. The Hall–Kier alpha value is -3.79. The van der Waals surface area contributed by atoms with Gasteiger partial charge in [0.15, 0.2) is 0 Å². The van der Waals surface area contributed by atoms with Gasteiger partial charge in [-0.3, -0.25) is 0 Å². The summed E-state index contributed by atoms with van der Waals surface area (Å²) < 4.78 is 55.4. The van der Waals surface area contributed by atoms with Crippen LogP contribution < -0.4 is 14.2 Å². The lowest BCUT2D eigenvalue weighted by Crippen LogP contribution is -2.24. The highest BCUT2D eigenvalue weighted by atomic mass is 32.2. The molecule has 0 spiro atoms. The van der Waals surface area contributed by atoms with Crippen LogP contribution in [0.3, 0.4) is 0 Å². The number of aromatic nitrogens is 3. The van der Waals surface area contributed by atoms with Crippen LogP contribution in [0, 0.1) is 18.6 Å². The van der Waals surface area contributed by atoms with Crippen molar-refractivity contribution in [2.75, 3.05) is 11.8 Å². The maximum Gasteiger partial charge on any atom is 0.238 e. The lowest BCUT2D eigenvalue weighted by atomic mass is 9.96. The summed E-state index contributed by atoms with van der Waals surface area (Å²) in [6, 6.07) is 8.31. The third-order valence-corrected chi connectivity index (χ3v) is 7.74. The molecule has 0 aliphatic heterocycles. The highest BCUT2D eigenvalue weighted by molar-refractivity contribution is 8.01. The summed E-state index contributed by atoms with van der Waals surface area (Å²) in [5.41, 5.74) is 3.20. The fourth-order valence-corrected chi connectivity index (χ4v) is 5.28. The van der Waals surface area contributed by atoms with Gasteiger partial charge in [-0.2, -0.15) is 0 Å². The number of nitrogens with one attached hydrogen (secondary N) is 1. The van der Waals surface area contributed by atoms with Gasteiger partial charge in [-0.15, -0.1) is 0 Å². The number of aryl methyl sites for hydroxylation is 1. The molecule has 1 aliphatic carbocycles. The highest BCUT2D eigenvalue weighted by Gasteiger charge is 2.22. The Morgan fingerprint density at radius 1 is 1.08 bits per heavy atom. The molecule has 2 aromatic carbocycles. The molecule has 7 nitrogen and oxygen atoms in total. The molecule has 4 aromatic rings. The molecular formula is C26H24F2N4O3S. The van der Waals surface area contributed by atoms with Gasteiger partial charge < -0.3 is 14.2 Å². The van der Waals surface area contributed by atoms with E-state index in [4.69, 9.17) is 9.47 Å². The first kappa shape index (κ1) is 23.9. The van der Waals surface area contributed by atoms with Gasteiger partial charge in [0.1, 0.15) is 34.9 Å². The number of ether oxygens (including phenoxy) is 2. The minimum absolute atomic E-state index is 0.142. The normalized spacial score (nSPS) is 15.2. The molecule has 36 heavy (non-hydrogen) atoms. The van der Waals surface area contributed by atoms with Gasteiger partial charge in [0, 0.05) is 28.9 Å². The smallest absolute Gasteiger partial charge is 0.238 e. The average molecular weight is 511 g/mol. The Balaban J connectivity index is 1.58. The molecule has 0 radical (unpaired) electrons. The van der Waals surface area contributed by atoms with Gasteiger partial charge in [-0.1, -0.05) is 0 Å². The van der Waals surface area contributed by atoms with E-state index in [0.717, 1.165) is 53.6 Å². The number of pyridine rings is 1. The van der Waals surface area contributed by atoms with Crippen LogP contribution in [0.5, 0.6) is 11.6 Å². The first-order valence-electron chi connectivity index (χ1n) is 11.3. The molecule has 186 valence electrons. The van der Waals surface area contributed by atoms with E-state index in [2.05, 4.69) is 25.5 Å². The molecule has 1 atom stereocenters. The molecule has 1 saturated carbocycles. The van der Waals surface area contributed by atoms with E-state index in [9.17, 15) is 13.0 Å². The molecule has 1 aliphatic rings. The minimum atomic E-state index is -3.41. The number of methoxy groups -OCH3 is 1. The van der Waals surface area contributed by atoms with Crippen molar-refractivity contribution in [3.05, 3.63) is 66.3 Å². The van der Waals surface area contributed by atoms with Crippen LogP contribution in [0.4, 0.5) is 14.5 Å². The zero-order chi connectivity index (χ0) is 25.4. The monoisotopic (exact) mass is 510 g/mol. The number of fused-ring (bicyclic) bond motifs is 1. The average Bonchev–Trinajstić information content (AvgIpc) is 2.81. The van der Waals surface area contributed by atoms with Gasteiger partial charge in [0.25, 0.3) is 0 Å². The highest BCUT2D eigenvalue weighted by Crippen LogP contribution is 2.37. The second-order valence-corrected chi connectivity index (χ2v) is 10.6. The molecule has 0 bridgehead atoms. The summed E-state index contributed by atoms with van der Waals surface area (Å²) in [5.74, 6) is 2.71. The minimum Gasteiger partial charge on any atom is -0.488 e. The maximum absolute atomic E-state index is 14.4. The van der Waals surface area contributed by atoms with Crippen molar-refractivity contribution in [2.45, 2.75) is 37.2 Å². The number of anilines is 1. The molecule has 1 N–H and O–H groups in total. The summed E-state index contributed by atoms with van der Waals surface area (Å²) in [4.78, 5) is 12.8. The van der Waals surface area contributed by atoms with Crippen LogP contribution >= 0.6 is 0 Å². The van der Waals surface area contributed by atoms with Crippen molar-refractivity contribution in [1.29, 1.82) is 0 Å². The van der Waals surface area contributed by atoms with Crippen molar-refractivity contribution in [1.82, 2.24) is 15.0 Å². The Morgan fingerprint density at radius 2 is 1.89 bits per heavy atom. The predicted molar refractivity (Wildman–Crippen MR) is 136 cm³/mol. The zero-order valence-corrected chi connectivity index (χ0v) is 20.6. The van der Waals surface area contributed by atoms with E-state index in [0.29, 0.717) is 17.4 Å². The van der Waals surface area contributed by atoms with Crippen LogP contribution in [0.2, 0.25) is 0 Å². The fourth-order valence-electron chi connectivity index (χ4n) is 4.01. The maximum atomic E-state index is 14.4. The van der Waals surface area contributed by atoms with Crippen LogP contribution in [0.25, 0.3) is 22.0 Å². The number of nitrogens with zero attached hydrogens (tertiary/aromatic N) is 3.